The van der Waals surface area contributed by atoms with Crippen molar-refractivity contribution in [2.75, 3.05) is 4.43 Å². The van der Waals surface area contributed by atoms with E-state index in [-0.39, 0.29) is 18.0 Å². The third kappa shape index (κ3) is 2.32. The average molecular weight is 268 g/mol. The Hall–Kier alpha value is 0.200. The van der Waals surface area contributed by atoms with Gasteiger partial charge in [-0.25, -0.2) is 0 Å². The normalized spacial score (nSPS) is 30.5. The fraction of sp³-hybridized carbons (Fsp3) is 0.875. The van der Waals surface area contributed by atoms with Gasteiger partial charge < -0.3 is 4.74 Å². The highest BCUT2D eigenvalue weighted by Crippen LogP contribution is 2.25. The fourth-order valence-corrected chi connectivity index (χ4v) is 1.94. The molecule has 64 valence electrons. The highest BCUT2D eigenvalue weighted by atomic mass is 127. The molecule has 0 aromatic heterocycles. The molecule has 1 saturated heterocycles. The predicted molar refractivity (Wildman–Crippen MR) is 51.8 cm³/mol. The number of hydrogen-bond acceptors (Lipinski definition) is 2. The van der Waals surface area contributed by atoms with E-state index in [0.717, 1.165) is 23.7 Å². The summed E-state index contributed by atoms with van der Waals surface area (Å²) < 4.78 is 6.06. The average Bonchev–Trinajstić information content (AvgIpc) is 2.33. The molecule has 0 saturated carbocycles. The molecule has 0 aromatic rings. The summed E-state index contributed by atoms with van der Waals surface area (Å²) >= 11 is 2.26. The molecule has 2 atom stereocenters. The molecule has 11 heavy (non-hydrogen) atoms. The van der Waals surface area contributed by atoms with E-state index in [1.807, 2.05) is 0 Å². The van der Waals surface area contributed by atoms with E-state index in [1.165, 1.54) is 0 Å². The maximum absolute atomic E-state index is 11.1. The van der Waals surface area contributed by atoms with Crippen LogP contribution in [0, 0.1) is 5.92 Å². The molecule has 1 aliphatic rings. The quantitative estimate of drug-likeness (QED) is 0.445. The van der Waals surface area contributed by atoms with Gasteiger partial charge in [-0.15, -0.1) is 0 Å². The van der Waals surface area contributed by atoms with Gasteiger partial charge in [0.25, 0.3) is 0 Å². The van der Waals surface area contributed by atoms with Crippen LogP contribution in [0.2, 0.25) is 0 Å². The van der Waals surface area contributed by atoms with Gasteiger partial charge in [0, 0.05) is 4.43 Å². The van der Waals surface area contributed by atoms with E-state index in [4.69, 9.17) is 4.74 Å². The first-order chi connectivity index (χ1) is 5.27. The van der Waals surface area contributed by atoms with Crippen LogP contribution < -0.4 is 0 Å². The topological polar surface area (TPSA) is 26.3 Å². The van der Waals surface area contributed by atoms with Crippen molar-refractivity contribution >= 4 is 28.6 Å². The number of hydrogen-bond donors (Lipinski definition) is 0. The molecule has 0 aromatic carbocycles. The Balaban J connectivity index is 2.38. The largest absolute Gasteiger partial charge is 0.461 e. The number of halogens is 1. The molecule has 1 fully saturated rings. The second kappa shape index (κ2) is 4.28. The van der Waals surface area contributed by atoms with Crippen molar-refractivity contribution in [3.63, 3.8) is 0 Å². The zero-order valence-electron chi connectivity index (χ0n) is 6.68. The van der Waals surface area contributed by atoms with Gasteiger partial charge in [-0.3, -0.25) is 4.79 Å². The first kappa shape index (κ1) is 9.29. The lowest BCUT2D eigenvalue weighted by atomic mass is 10.0. The molecule has 0 spiro atoms. The zero-order valence-corrected chi connectivity index (χ0v) is 8.84. The minimum absolute atomic E-state index is 0.0218. The maximum atomic E-state index is 11.1. The van der Waals surface area contributed by atoms with Crippen molar-refractivity contribution in [3.05, 3.63) is 0 Å². The van der Waals surface area contributed by atoms with Crippen molar-refractivity contribution in [1.29, 1.82) is 0 Å². The molecular formula is C8H13IO2. The number of alkyl halides is 1. The Morgan fingerprint density at radius 2 is 2.45 bits per heavy atom. The number of ether oxygens (including phenoxy) is 1. The van der Waals surface area contributed by atoms with E-state index >= 15 is 0 Å². The van der Waals surface area contributed by atoms with E-state index in [2.05, 4.69) is 29.5 Å². The van der Waals surface area contributed by atoms with Crippen LogP contribution in [0.5, 0.6) is 0 Å². The van der Waals surface area contributed by atoms with Gasteiger partial charge in [0.05, 0.1) is 5.92 Å². The van der Waals surface area contributed by atoms with Crippen molar-refractivity contribution < 1.29 is 9.53 Å². The minimum Gasteiger partial charge on any atom is -0.461 e. The highest BCUT2D eigenvalue weighted by Gasteiger charge is 2.32. The number of carbonyl (C=O) groups is 1. The summed E-state index contributed by atoms with van der Waals surface area (Å²) in [6, 6.07) is 0. The van der Waals surface area contributed by atoms with Crippen molar-refractivity contribution in [2.45, 2.75) is 32.3 Å². The first-order valence-electron chi connectivity index (χ1n) is 4.04. The SMILES string of the molecule is CCC[C@@H]1C[C@@H](CI)OC1=O. The monoisotopic (exact) mass is 268 g/mol. The Morgan fingerprint density at radius 3 is 2.91 bits per heavy atom. The maximum Gasteiger partial charge on any atom is 0.309 e. The van der Waals surface area contributed by atoms with Gasteiger partial charge in [-0.2, -0.15) is 0 Å². The van der Waals surface area contributed by atoms with Gasteiger partial charge in [-0.05, 0) is 12.8 Å². The molecular weight excluding hydrogens is 255 g/mol. The molecule has 1 aliphatic heterocycles. The molecule has 1 rings (SSSR count). The van der Waals surface area contributed by atoms with Crippen LogP contribution in [0.25, 0.3) is 0 Å². The second-order valence-corrected chi connectivity index (χ2v) is 3.82. The number of esters is 1. The van der Waals surface area contributed by atoms with Crippen molar-refractivity contribution in [1.82, 2.24) is 0 Å². The van der Waals surface area contributed by atoms with Crippen molar-refractivity contribution in [2.24, 2.45) is 5.92 Å². The summed E-state index contributed by atoms with van der Waals surface area (Å²) in [5.74, 6) is 0.216. The molecule has 0 unspecified atom stereocenters. The lowest BCUT2D eigenvalue weighted by molar-refractivity contribution is -0.143. The van der Waals surface area contributed by atoms with Crippen molar-refractivity contribution in [3.8, 4) is 0 Å². The molecule has 0 aliphatic carbocycles. The summed E-state index contributed by atoms with van der Waals surface area (Å²) in [4.78, 5) is 11.1. The van der Waals surface area contributed by atoms with Crippen LogP contribution >= 0.6 is 22.6 Å². The van der Waals surface area contributed by atoms with E-state index in [0.29, 0.717) is 0 Å². The molecule has 1 heterocycles. The summed E-state index contributed by atoms with van der Waals surface area (Å²) in [5.41, 5.74) is 0. The van der Waals surface area contributed by atoms with Gasteiger partial charge in [0.1, 0.15) is 6.10 Å². The molecule has 0 bridgehead atoms. The second-order valence-electron chi connectivity index (χ2n) is 2.93. The summed E-state index contributed by atoms with van der Waals surface area (Å²) in [5, 5.41) is 0. The summed E-state index contributed by atoms with van der Waals surface area (Å²) in [7, 11) is 0. The van der Waals surface area contributed by atoms with Crippen LogP contribution in [0.15, 0.2) is 0 Å². The zero-order chi connectivity index (χ0) is 8.27. The Morgan fingerprint density at radius 1 is 1.73 bits per heavy atom. The lowest BCUT2D eigenvalue weighted by Crippen LogP contribution is -2.07. The highest BCUT2D eigenvalue weighted by molar-refractivity contribution is 14.1. The fourth-order valence-electron chi connectivity index (χ4n) is 1.40. The third-order valence-corrected chi connectivity index (χ3v) is 2.96. The van der Waals surface area contributed by atoms with Crippen LogP contribution in [-0.4, -0.2) is 16.5 Å². The molecule has 0 N–H and O–H groups in total. The predicted octanol–water partition coefficient (Wildman–Crippen LogP) is 2.15. The number of cyclic esters (lactones) is 1. The lowest BCUT2D eigenvalue weighted by Gasteiger charge is -2.01. The van der Waals surface area contributed by atoms with E-state index in [9.17, 15) is 4.79 Å². The van der Waals surface area contributed by atoms with Crippen LogP contribution in [-0.2, 0) is 9.53 Å². The Kier molecular flexibility index (Phi) is 3.62. The molecule has 3 heteroatoms. The van der Waals surface area contributed by atoms with E-state index in [1.54, 1.807) is 0 Å². The number of rotatable bonds is 3. The Bertz CT molecular complexity index is 147. The van der Waals surface area contributed by atoms with Crippen LogP contribution in [0.4, 0.5) is 0 Å². The molecule has 0 amide bonds. The summed E-state index contributed by atoms with van der Waals surface area (Å²) in [6.45, 7) is 2.10. The van der Waals surface area contributed by atoms with Gasteiger partial charge >= 0.3 is 5.97 Å². The van der Waals surface area contributed by atoms with E-state index < -0.39 is 0 Å². The van der Waals surface area contributed by atoms with Crippen LogP contribution in [0.1, 0.15) is 26.2 Å². The molecule has 2 nitrogen and oxygen atoms in total. The number of carbonyl (C=O) groups excluding carboxylic acids is 1. The summed E-state index contributed by atoms with van der Waals surface area (Å²) in [6.07, 6.45) is 3.20. The first-order valence-corrected chi connectivity index (χ1v) is 5.57. The van der Waals surface area contributed by atoms with Crippen LogP contribution in [0.3, 0.4) is 0 Å². The standard InChI is InChI=1S/C8H13IO2/c1-2-3-6-4-7(5-9)11-8(6)10/h6-7H,2-5H2,1H3/t6-,7+/m1/s1. The molecule has 0 radical (unpaired) electrons. The van der Waals surface area contributed by atoms with Gasteiger partial charge in [0.2, 0.25) is 0 Å². The minimum atomic E-state index is 0.0218. The third-order valence-electron chi connectivity index (χ3n) is 1.97. The smallest absolute Gasteiger partial charge is 0.309 e. The van der Waals surface area contributed by atoms with Gasteiger partial charge in [0.15, 0.2) is 0 Å². The Labute approximate surface area is 80.8 Å². The van der Waals surface area contributed by atoms with Gasteiger partial charge in [-0.1, -0.05) is 35.9 Å².